The minimum absolute atomic E-state index is 0.0768. The molecule has 0 bridgehead atoms. The number of anilines is 1. The molecule has 0 fully saturated rings. The Balaban J connectivity index is 2.05. The third-order valence-corrected chi connectivity index (χ3v) is 7.03. The lowest BCUT2D eigenvalue weighted by Gasteiger charge is -2.15. The second kappa shape index (κ2) is 8.48. The minimum Gasteiger partial charge on any atom is -0.369 e. The van der Waals surface area contributed by atoms with Crippen LogP contribution in [0.25, 0.3) is 0 Å². The van der Waals surface area contributed by atoms with Crippen LogP contribution >= 0.6 is 23.1 Å². The lowest BCUT2D eigenvalue weighted by molar-refractivity contribution is -0.117. The fourth-order valence-corrected chi connectivity index (χ4v) is 4.81. The number of para-hydroxylation sites is 1. The van der Waals surface area contributed by atoms with Gasteiger partial charge in [-0.3, -0.25) is 9.59 Å². The number of nitrogens with one attached hydrogen (secondary N) is 2. The number of hydrogen-bond donors (Lipinski definition) is 3. The van der Waals surface area contributed by atoms with Gasteiger partial charge < -0.3 is 11.1 Å². The zero-order chi connectivity index (χ0) is 18.4. The first-order valence-corrected chi connectivity index (χ1v) is 10.5. The van der Waals surface area contributed by atoms with E-state index in [-0.39, 0.29) is 9.96 Å². The van der Waals surface area contributed by atoms with Crippen molar-refractivity contribution in [1.29, 1.82) is 0 Å². The molecule has 10 heteroatoms. The van der Waals surface area contributed by atoms with Crippen LogP contribution in [0.1, 0.15) is 6.92 Å². The van der Waals surface area contributed by atoms with Crippen LogP contribution in [0.4, 0.5) is 5.69 Å². The molecule has 1 heterocycles. The maximum Gasteiger partial charge on any atom is 0.250 e. The molecule has 4 N–H and O–H groups in total. The van der Waals surface area contributed by atoms with Gasteiger partial charge in [0.15, 0.2) is 0 Å². The summed E-state index contributed by atoms with van der Waals surface area (Å²) in [5.74, 6) is -0.900. The van der Waals surface area contributed by atoms with Gasteiger partial charge in [0.05, 0.1) is 17.5 Å². The number of sulfonamides is 1. The van der Waals surface area contributed by atoms with Crippen LogP contribution in [-0.4, -0.2) is 32.0 Å². The number of thiophene rings is 1. The SMILES string of the molecule is CC(NS(=O)(=O)c1cccs1)C(=O)Nc1ccccc1SCC(N)=O. The summed E-state index contributed by atoms with van der Waals surface area (Å²) in [7, 11) is -3.74. The standard InChI is InChI=1S/C15H17N3O4S3/c1-10(18-25(21,22)14-7-4-8-23-14)15(20)17-11-5-2-3-6-12(11)24-9-13(16)19/h2-8,10,18H,9H2,1H3,(H2,16,19)(H,17,20). The second-order valence-electron chi connectivity index (χ2n) is 5.02. The van der Waals surface area contributed by atoms with E-state index in [1.165, 1.54) is 24.8 Å². The minimum atomic E-state index is -3.74. The Morgan fingerprint density at radius 2 is 1.96 bits per heavy atom. The van der Waals surface area contributed by atoms with E-state index in [0.29, 0.717) is 10.6 Å². The van der Waals surface area contributed by atoms with E-state index in [2.05, 4.69) is 10.0 Å². The normalized spacial score (nSPS) is 12.5. The molecule has 1 atom stereocenters. The van der Waals surface area contributed by atoms with Gasteiger partial charge in [0.2, 0.25) is 11.8 Å². The molecule has 2 amide bonds. The molecule has 0 aliphatic rings. The van der Waals surface area contributed by atoms with Crippen LogP contribution in [0.2, 0.25) is 0 Å². The van der Waals surface area contributed by atoms with E-state index < -0.39 is 27.9 Å². The predicted octanol–water partition coefficient (Wildman–Crippen LogP) is 1.63. The van der Waals surface area contributed by atoms with Gasteiger partial charge in [-0.25, -0.2) is 8.42 Å². The van der Waals surface area contributed by atoms with E-state index >= 15 is 0 Å². The molecule has 0 spiro atoms. The molecule has 0 aliphatic heterocycles. The highest BCUT2D eigenvalue weighted by atomic mass is 32.2. The van der Waals surface area contributed by atoms with Crippen LogP contribution in [0.5, 0.6) is 0 Å². The summed E-state index contributed by atoms with van der Waals surface area (Å²) in [5.41, 5.74) is 5.62. The highest BCUT2D eigenvalue weighted by molar-refractivity contribution is 8.00. The third kappa shape index (κ3) is 5.56. The monoisotopic (exact) mass is 399 g/mol. The molecule has 25 heavy (non-hydrogen) atoms. The van der Waals surface area contributed by atoms with Gasteiger partial charge in [-0.15, -0.1) is 23.1 Å². The lowest BCUT2D eigenvalue weighted by Crippen LogP contribution is -2.41. The molecular weight excluding hydrogens is 382 g/mol. The largest absolute Gasteiger partial charge is 0.369 e. The zero-order valence-electron chi connectivity index (χ0n) is 13.3. The smallest absolute Gasteiger partial charge is 0.250 e. The molecular formula is C15H17N3O4S3. The van der Waals surface area contributed by atoms with Crippen molar-refractivity contribution >= 4 is 50.6 Å². The zero-order valence-corrected chi connectivity index (χ0v) is 15.7. The summed E-state index contributed by atoms with van der Waals surface area (Å²) in [4.78, 5) is 23.9. The first-order chi connectivity index (χ1) is 11.8. The predicted molar refractivity (Wildman–Crippen MR) is 99.1 cm³/mol. The van der Waals surface area contributed by atoms with E-state index in [0.717, 1.165) is 11.3 Å². The summed E-state index contributed by atoms with van der Waals surface area (Å²) in [6.45, 7) is 1.46. The average molecular weight is 400 g/mol. The van der Waals surface area contributed by atoms with Gasteiger partial charge in [0.25, 0.3) is 10.0 Å². The van der Waals surface area contributed by atoms with Crippen molar-refractivity contribution in [2.24, 2.45) is 5.73 Å². The number of primary amides is 1. The van der Waals surface area contributed by atoms with Crippen molar-refractivity contribution in [1.82, 2.24) is 4.72 Å². The lowest BCUT2D eigenvalue weighted by atomic mass is 10.3. The number of carbonyl (C=O) groups is 2. The van der Waals surface area contributed by atoms with E-state index in [1.807, 2.05) is 0 Å². The molecule has 0 radical (unpaired) electrons. The van der Waals surface area contributed by atoms with Gasteiger partial charge in [-0.2, -0.15) is 4.72 Å². The van der Waals surface area contributed by atoms with Crippen molar-refractivity contribution < 1.29 is 18.0 Å². The van der Waals surface area contributed by atoms with E-state index in [4.69, 9.17) is 5.73 Å². The third-order valence-electron chi connectivity index (χ3n) is 3.00. The summed E-state index contributed by atoms with van der Waals surface area (Å²) in [5, 5.41) is 4.31. The number of nitrogens with two attached hydrogens (primary N) is 1. The van der Waals surface area contributed by atoms with Crippen molar-refractivity contribution in [2.45, 2.75) is 22.1 Å². The fourth-order valence-electron chi connectivity index (χ4n) is 1.85. The number of amides is 2. The summed E-state index contributed by atoms with van der Waals surface area (Å²) in [6, 6.07) is 9.02. The van der Waals surface area contributed by atoms with Crippen LogP contribution in [-0.2, 0) is 19.6 Å². The molecule has 0 aliphatic carbocycles. The van der Waals surface area contributed by atoms with Gasteiger partial charge >= 0.3 is 0 Å². The van der Waals surface area contributed by atoms with Crippen LogP contribution < -0.4 is 15.8 Å². The molecule has 1 aromatic carbocycles. The first-order valence-electron chi connectivity index (χ1n) is 7.16. The number of rotatable bonds is 8. The Morgan fingerprint density at radius 3 is 2.60 bits per heavy atom. The highest BCUT2D eigenvalue weighted by Crippen LogP contribution is 2.26. The van der Waals surface area contributed by atoms with Gasteiger partial charge in [-0.1, -0.05) is 18.2 Å². The Hall–Kier alpha value is -1.88. The Kier molecular flexibility index (Phi) is 6.59. The van der Waals surface area contributed by atoms with Crippen molar-refractivity contribution in [2.75, 3.05) is 11.1 Å². The van der Waals surface area contributed by atoms with E-state index in [9.17, 15) is 18.0 Å². The molecule has 7 nitrogen and oxygen atoms in total. The highest BCUT2D eigenvalue weighted by Gasteiger charge is 2.23. The van der Waals surface area contributed by atoms with Gasteiger partial charge in [0, 0.05) is 4.90 Å². The Bertz CT molecular complexity index is 851. The van der Waals surface area contributed by atoms with Crippen molar-refractivity contribution in [3.63, 3.8) is 0 Å². The molecule has 134 valence electrons. The summed E-state index contributed by atoms with van der Waals surface area (Å²) >= 11 is 2.26. The Morgan fingerprint density at radius 1 is 1.24 bits per heavy atom. The van der Waals surface area contributed by atoms with Crippen LogP contribution in [0.3, 0.4) is 0 Å². The first kappa shape index (κ1) is 19.4. The molecule has 0 saturated heterocycles. The number of thioether (sulfide) groups is 1. The number of benzene rings is 1. The topological polar surface area (TPSA) is 118 Å². The average Bonchev–Trinajstić information content (AvgIpc) is 3.09. The van der Waals surface area contributed by atoms with Crippen LogP contribution in [0, 0.1) is 0 Å². The maximum absolute atomic E-state index is 12.3. The fraction of sp³-hybridized carbons (Fsp3) is 0.200. The quantitative estimate of drug-likeness (QED) is 0.583. The molecule has 1 aromatic heterocycles. The molecule has 2 rings (SSSR count). The van der Waals surface area contributed by atoms with Gasteiger partial charge in [-0.05, 0) is 30.5 Å². The second-order valence-corrected chi connectivity index (χ2v) is 8.92. The van der Waals surface area contributed by atoms with Crippen molar-refractivity contribution in [3.8, 4) is 0 Å². The van der Waals surface area contributed by atoms with Crippen molar-refractivity contribution in [3.05, 3.63) is 41.8 Å². The van der Waals surface area contributed by atoms with Crippen LogP contribution in [0.15, 0.2) is 50.9 Å². The Labute approximate surface area is 154 Å². The summed E-state index contributed by atoms with van der Waals surface area (Å²) < 4.78 is 26.8. The number of carbonyl (C=O) groups excluding carboxylic acids is 2. The molecule has 2 aromatic rings. The molecule has 0 saturated carbocycles. The number of hydrogen-bond acceptors (Lipinski definition) is 6. The van der Waals surface area contributed by atoms with Gasteiger partial charge in [0.1, 0.15) is 4.21 Å². The maximum atomic E-state index is 12.3. The summed E-state index contributed by atoms with van der Waals surface area (Å²) in [6.07, 6.45) is 0. The van der Waals surface area contributed by atoms with E-state index in [1.54, 1.807) is 35.7 Å². The molecule has 1 unspecified atom stereocenters.